The van der Waals surface area contributed by atoms with Crippen molar-refractivity contribution in [3.8, 4) is 0 Å². The van der Waals surface area contributed by atoms with Gasteiger partial charge in [0.2, 0.25) is 0 Å². The van der Waals surface area contributed by atoms with E-state index in [2.05, 4.69) is 0 Å². The summed E-state index contributed by atoms with van der Waals surface area (Å²) in [5.74, 6) is 0. The van der Waals surface area contributed by atoms with Gasteiger partial charge in [-0.2, -0.15) is 0 Å². The zero-order valence-electron chi connectivity index (χ0n) is 33.1. The van der Waals surface area contributed by atoms with Crippen LogP contribution in [0.5, 0.6) is 0 Å². The largest absolute Gasteiger partial charge is 0.472 e. The fourth-order valence-corrected chi connectivity index (χ4v) is 8.53. The van der Waals surface area contributed by atoms with E-state index in [1.807, 2.05) is 6.92 Å². The average Bonchev–Trinajstić information content (AvgIpc) is 3.86. The van der Waals surface area contributed by atoms with Gasteiger partial charge in [-0.3, -0.25) is 18.1 Å². The van der Waals surface area contributed by atoms with E-state index in [0.717, 1.165) is 77.0 Å². The topological polar surface area (TPSA) is 274 Å². The third-order valence-electron chi connectivity index (χ3n) is 9.61. The van der Waals surface area contributed by atoms with Crippen LogP contribution in [0, 0.1) is 0 Å². The van der Waals surface area contributed by atoms with E-state index in [1.165, 1.54) is 0 Å². The second kappa shape index (κ2) is 28.3. The summed E-state index contributed by atoms with van der Waals surface area (Å²) >= 11 is 0. The van der Waals surface area contributed by atoms with E-state index < -0.39 is 84.4 Å². The molecule has 0 aliphatic carbocycles. The molecule has 3 fully saturated rings. The standard InChI is InChI=1S/C35H71N3O16P2/c1-2-44-27-21-33(45-18-12-6-3-9-15-36)51-31(27)25-48-56(42,43)54-29-23-35(47-20-14-8-5-11-17-38)52-32(29)26-49-55(40,41)53-28-22-34(50-30(28)24-39)46-19-13-7-4-10-16-37/h27-35,39H,2-26,36-38H2,1H3,(H,40,41)(H,42,43)/t27-,28?,29?,30-,31?,32-,33-,34-,35-/m1/s1. The summed E-state index contributed by atoms with van der Waals surface area (Å²) < 4.78 is 89.0. The molecule has 56 heavy (non-hydrogen) atoms. The maximum Gasteiger partial charge on any atom is 0.472 e. The van der Waals surface area contributed by atoms with Crippen LogP contribution in [0.15, 0.2) is 0 Å². The Hall–Kier alpha value is -0.220. The summed E-state index contributed by atoms with van der Waals surface area (Å²) in [6.07, 6.45) is 4.09. The first-order chi connectivity index (χ1) is 27.0. The van der Waals surface area contributed by atoms with Crippen LogP contribution in [0.3, 0.4) is 0 Å². The second-order valence-corrected chi connectivity index (χ2v) is 17.0. The Morgan fingerprint density at radius 3 is 1.29 bits per heavy atom. The van der Waals surface area contributed by atoms with Gasteiger partial charge < -0.3 is 65.3 Å². The molecule has 3 aliphatic heterocycles. The predicted molar refractivity (Wildman–Crippen MR) is 204 cm³/mol. The summed E-state index contributed by atoms with van der Waals surface area (Å²) in [5.41, 5.74) is 16.7. The fraction of sp³-hybridized carbons (Fsp3) is 1.00. The molecule has 0 bridgehead atoms. The molecule has 332 valence electrons. The van der Waals surface area contributed by atoms with Gasteiger partial charge in [0.1, 0.15) is 30.5 Å². The first-order valence-electron chi connectivity index (χ1n) is 20.5. The molecular formula is C35H71N3O16P2. The van der Waals surface area contributed by atoms with Crippen molar-refractivity contribution in [2.45, 2.75) is 159 Å². The zero-order chi connectivity index (χ0) is 40.7. The molecule has 3 saturated heterocycles. The highest BCUT2D eigenvalue weighted by Gasteiger charge is 2.46. The maximum absolute atomic E-state index is 13.3. The summed E-state index contributed by atoms with van der Waals surface area (Å²) in [4.78, 5) is 21.5. The first kappa shape index (κ1) is 50.1. The number of phosphoric ester groups is 2. The minimum absolute atomic E-state index is 0.0122. The van der Waals surface area contributed by atoms with Crippen LogP contribution >= 0.6 is 15.6 Å². The van der Waals surface area contributed by atoms with E-state index in [4.69, 9.17) is 68.5 Å². The van der Waals surface area contributed by atoms with E-state index >= 15 is 0 Å². The van der Waals surface area contributed by atoms with Crippen molar-refractivity contribution in [1.29, 1.82) is 0 Å². The molecule has 11 atom stereocenters. The molecule has 0 aromatic rings. The first-order valence-corrected chi connectivity index (χ1v) is 23.5. The van der Waals surface area contributed by atoms with Crippen molar-refractivity contribution < 1.29 is 75.3 Å². The van der Waals surface area contributed by atoms with Crippen molar-refractivity contribution in [2.24, 2.45) is 17.2 Å². The van der Waals surface area contributed by atoms with Gasteiger partial charge in [-0.25, -0.2) is 9.13 Å². The van der Waals surface area contributed by atoms with Gasteiger partial charge in [-0.1, -0.05) is 38.5 Å². The lowest BCUT2D eigenvalue weighted by Crippen LogP contribution is -2.31. The molecular weight excluding hydrogens is 780 g/mol. The van der Waals surface area contributed by atoms with Crippen molar-refractivity contribution in [1.82, 2.24) is 0 Å². The van der Waals surface area contributed by atoms with Crippen molar-refractivity contribution >= 4 is 15.6 Å². The number of aliphatic hydroxyl groups excluding tert-OH is 1. The van der Waals surface area contributed by atoms with Gasteiger partial charge in [-0.05, 0) is 65.1 Å². The van der Waals surface area contributed by atoms with Gasteiger partial charge >= 0.3 is 15.6 Å². The molecule has 19 nitrogen and oxygen atoms in total. The van der Waals surface area contributed by atoms with Crippen LogP contribution in [-0.2, 0) is 60.4 Å². The van der Waals surface area contributed by atoms with Crippen LogP contribution in [-0.4, -0.2) is 136 Å². The molecule has 3 rings (SSSR count). The number of rotatable bonds is 34. The number of ether oxygens (including phenoxy) is 7. The second-order valence-electron chi connectivity index (χ2n) is 14.2. The normalized spacial score (nSPS) is 30.2. The monoisotopic (exact) mass is 851 g/mol. The maximum atomic E-state index is 13.3. The molecule has 9 N–H and O–H groups in total. The Balaban J connectivity index is 1.54. The van der Waals surface area contributed by atoms with Crippen molar-refractivity contribution in [3.63, 3.8) is 0 Å². The molecule has 0 saturated carbocycles. The summed E-state index contributed by atoms with van der Waals surface area (Å²) in [6, 6.07) is 0. The lowest BCUT2D eigenvalue weighted by atomic mass is 10.2. The summed E-state index contributed by atoms with van der Waals surface area (Å²) in [6.45, 7) is 4.05. The molecule has 0 amide bonds. The van der Waals surface area contributed by atoms with Crippen LogP contribution in [0.1, 0.15) is 103 Å². The number of nitrogens with two attached hydrogens (primary N) is 3. The highest BCUT2D eigenvalue weighted by molar-refractivity contribution is 7.47. The highest BCUT2D eigenvalue weighted by Crippen LogP contribution is 2.50. The van der Waals surface area contributed by atoms with E-state index in [-0.39, 0.29) is 19.4 Å². The lowest BCUT2D eigenvalue weighted by molar-refractivity contribution is -0.146. The van der Waals surface area contributed by atoms with Gasteiger partial charge in [0.25, 0.3) is 0 Å². The lowest BCUT2D eigenvalue weighted by Gasteiger charge is -2.24. The molecule has 5 unspecified atom stereocenters. The third-order valence-corrected chi connectivity index (χ3v) is 11.6. The number of phosphoric acid groups is 2. The third kappa shape index (κ3) is 19.9. The number of unbranched alkanes of at least 4 members (excludes halogenated alkanes) is 9. The van der Waals surface area contributed by atoms with Crippen LogP contribution in [0.25, 0.3) is 0 Å². The average molecular weight is 852 g/mol. The van der Waals surface area contributed by atoms with E-state index in [1.54, 1.807) is 0 Å². The van der Waals surface area contributed by atoms with Crippen LogP contribution in [0.4, 0.5) is 0 Å². The molecule has 0 spiro atoms. The highest BCUT2D eigenvalue weighted by atomic mass is 31.2. The van der Waals surface area contributed by atoms with Gasteiger partial charge in [0, 0.05) is 45.7 Å². The molecule has 3 aliphatic rings. The van der Waals surface area contributed by atoms with Crippen molar-refractivity contribution in [3.05, 3.63) is 0 Å². The minimum atomic E-state index is -4.77. The van der Waals surface area contributed by atoms with Gasteiger partial charge in [0.15, 0.2) is 18.9 Å². The summed E-state index contributed by atoms with van der Waals surface area (Å²) in [5, 5.41) is 9.83. The molecule has 0 aromatic carbocycles. The molecule has 0 radical (unpaired) electrons. The Morgan fingerprint density at radius 1 is 0.536 bits per heavy atom. The Kier molecular flexibility index (Phi) is 25.4. The quantitative estimate of drug-likeness (QED) is 0.0400. The Bertz CT molecular complexity index is 1120. The SMILES string of the molecule is CCO[C@@H]1C[C@H](OCCCCCCN)OC1COP(=O)(O)OC1C[C@H](OCCCCCCN)O[C@@H]1COP(=O)(O)OC1C[C@H](OCCCCCCN)O[C@@H]1CO. The predicted octanol–water partition coefficient (Wildman–Crippen LogP) is 3.34. The van der Waals surface area contributed by atoms with E-state index in [0.29, 0.717) is 52.5 Å². The fourth-order valence-electron chi connectivity index (χ4n) is 6.61. The minimum Gasteiger partial charge on any atom is -0.394 e. The van der Waals surface area contributed by atoms with Crippen LogP contribution < -0.4 is 17.2 Å². The smallest absolute Gasteiger partial charge is 0.394 e. The van der Waals surface area contributed by atoms with Crippen LogP contribution in [0.2, 0.25) is 0 Å². The molecule has 0 aromatic heterocycles. The number of hydrogen-bond donors (Lipinski definition) is 6. The Morgan fingerprint density at radius 2 is 0.893 bits per heavy atom. The molecule has 21 heteroatoms. The zero-order valence-corrected chi connectivity index (χ0v) is 34.9. The van der Waals surface area contributed by atoms with Crippen molar-refractivity contribution in [2.75, 3.05) is 65.9 Å². The van der Waals surface area contributed by atoms with Gasteiger partial charge in [-0.15, -0.1) is 0 Å². The number of hydrogen-bond acceptors (Lipinski definition) is 17. The Labute approximate surface area is 332 Å². The summed E-state index contributed by atoms with van der Waals surface area (Å²) in [7, 11) is -9.51. The van der Waals surface area contributed by atoms with Gasteiger partial charge in [0.05, 0.1) is 25.9 Å². The molecule has 3 heterocycles. The van der Waals surface area contributed by atoms with E-state index in [9.17, 15) is 24.0 Å². The number of aliphatic hydroxyl groups is 1.